The van der Waals surface area contributed by atoms with E-state index in [9.17, 15) is 14.0 Å². The van der Waals surface area contributed by atoms with Crippen LogP contribution in [0.1, 0.15) is 16.8 Å². The van der Waals surface area contributed by atoms with Crippen LogP contribution in [0.4, 0.5) is 4.39 Å². The van der Waals surface area contributed by atoms with E-state index in [1.54, 1.807) is 23.9 Å². The maximum absolute atomic E-state index is 13.2. The Balaban J connectivity index is 1.98. The molecular formula is C16H21ClFN3O2. The molecule has 5 nitrogen and oxygen atoms in total. The van der Waals surface area contributed by atoms with Gasteiger partial charge in [-0.15, -0.1) is 0 Å². The standard InChI is InChI=1S/C16H21ClFN3O2/c1-19(2)15(22)11-20-6-3-7-21(9-8-20)16(23)12-4-5-14(18)13(17)10-12/h4-5,10H,3,6-9,11H2,1-2H3. The lowest BCUT2D eigenvalue weighted by molar-refractivity contribution is -0.129. The molecule has 2 amide bonds. The Labute approximate surface area is 140 Å². The Morgan fingerprint density at radius 2 is 1.96 bits per heavy atom. The number of nitrogens with zero attached hydrogens (tertiary/aromatic N) is 3. The summed E-state index contributed by atoms with van der Waals surface area (Å²) in [5, 5.41) is -0.0520. The van der Waals surface area contributed by atoms with Crippen LogP contribution in [-0.2, 0) is 4.79 Å². The molecule has 1 aliphatic heterocycles. The fourth-order valence-corrected chi connectivity index (χ4v) is 2.66. The molecule has 0 aromatic heterocycles. The molecular weight excluding hydrogens is 321 g/mol. The second-order valence-electron chi connectivity index (χ2n) is 5.84. The smallest absolute Gasteiger partial charge is 0.253 e. The summed E-state index contributed by atoms with van der Waals surface area (Å²) in [7, 11) is 3.46. The van der Waals surface area contributed by atoms with Crippen LogP contribution in [0.25, 0.3) is 0 Å². The van der Waals surface area contributed by atoms with Crippen LogP contribution >= 0.6 is 11.6 Å². The molecule has 1 fully saturated rings. The first kappa shape index (κ1) is 17.7. The van der Waals surface area contributed by atoms with Gasteiger partial charge in [0.1, 0.15) is 5.82 Å². The number of rotatable bonds is 3. The van der Waals surface area contributed by atoms with Gasteiger partial charge in [-0.1, -0.05) is 11.6 Å². The van der Waals surface area contributed by atoms with Crippen molar-refractivity contribution in [3.05, 3.63) is 34.6 Å². The number of likely N-dealkylation sites (N-methyl/N-ethyl adjacent to an activating group) is 1. The van der Waals surface area contributed by atoms with Crippen LogP contribution in [0.3, 0.4) is 0 Å². The maximum Gasteiger partial charge on any atom is 0.253 e. The fourth-order valence-electron chi connectivity index (χ4n) is 2.48. The minimum Gasteiger partial charge on any atom is -0.348 e. The quantitative estimate of drug-likeness (QED) is 0.840. The van der Waals surface area contributed by atoms with Gasteiger partial charge in [0.15, 0.2) is 0 Å². The third-order valence-corrected chi connectivity index (χ3v) is 4.19. The topological polar surface area (TPSA) is 43.9 Å². The van der Waals surface area contributed by atoms with E-state index in [0.29, 0.717) is 31.7 Å². The van der Waals surface area contributed by atoms with Crippen LogP contribution in [0, 0.1) is 5.82 Å². The molecule has 1 aromatic rings. The lowest BCUT2D eigenvalue weighted by Crippen LogP contribution is -2.39. The van der Waals surface area contributed by atoms with Crippen molar-refractivity contribution in [1.82, 2.24) is 14.7 Å². The van der Waals surface area contributed by atoms with Gasteiger partial charge in [0, 0.05) is 45.8 Å². The van der Waals surface area contributed by atoms with Crippen LogP contribution < -0.4 is 0 Å². The summed E-state index contributed by atoms with van der Waals surface area (Å²) >= 11 is 5.74. The summed E-state index contributed by atoms with van der Waals surface area (Å²) in [6.07, 6.45) is 0.793. The summed E-state index contributed by atoms with van der Waals surface area (Å²) < 4.78 is 13.2. The molecule has 0 spiro atoms. The van der Waals surface area contributed by atoms with Gasteiger partial charge < -0.3 is 9.80 Å². The minimum absolute atomic E-state index is 0.0510. The Morgan fingerprint density at radius 3 is 2.61 bits per heavy atom. The Bertz CT molecular complexity index is 595. The summed E-state index contributed by atoms with van der Waals surface area (Å²) in [6.45, 7) is 2.92. The number of hydrogen-bond donors (Lipinski definition) is 0. The third kappa shape index (κ3) is 4.65. The van der Waals surface area contributed by atoms with Crippen molar-refractivity contribution in [2.45, 2.75) is 6.42 Å². The first-order chi connectivity index (χ1) is 10.9. The molecule has 0 N–H and O–H groups in total. The molecule has 0 radical (unpaired) electrons. The van der Waals surface area contributed by atoms with Crippen LogP contribution in [-0.4, -0.2) is 73.3 Å². The first-order valence-corrected chi connectivity index (χ1v) is 7.93. The lowest BCUT2D eigenvalue weighted by Gasteiger charge is -2.23. The van der Waals surface area contributed by atoms with Gasteiger partial charge in [-0.2, -0.15) is 0 Å². The van der Waals surface area contributed by atoms with E-state index in [2.05, 4.69) is 0 Å². The SMILES string of the molecule is CN(C)C(=O)CN1CCCN(C(=O)c2ccc(F)c(Cl)c2)CC1. The summed E-state index contributed by atoms with van der Waals surface area (Å²) in [5.74, 6) is -0.643. The number of hydrogen-bond acceptors (Lipinski definition) is 3. The molecule has 1 saturated heterocycles. The molecule has 1 heterocycles. The van der Waals surface area contributed by atoms with Gasteiger partial charge in [0.25, 0.3) is 5.91 Å². The van der Waals surface area contributed by atoms with Crippen molar-refractivity contribution >= 4 is 23.4 Å². The van der Waals surface area contributed by atoms with Gasteiger partial charge in [-0.25, -0.2) is 4.39 Å². The van der Waals surface area contributed by atoms with Crippen molar-refractivity contribution < 1.29 is 14.0 Å². The number of halogens is 2. The third-order valence-electron chi connectivity index (χ3n) is 3.90. The molecule has 1 aliphatic rings. The van der Waals surface area contributed by atoms with Gasteiger partial charge in [-0.05, 0) is 24.6 Å². The van der Waals surface area contributed by atoms with Gasteiger partial charge in [-0.3, -0.25) is 14.5 Å². The van der Waals surface area contributed by atoms with E-state index in [0.717, 1.165) is 13.0 Å². The van der Waals surface area contributed by atoms with E-state index in [1.165, 1.54) is 18.2 Å². The van der Waals surface area contributed by atoms with E-state index in [-0.39, 0.29) is 16.8 Å². The normalized spacial score (nSPS) is 16.1. The molecule has 0 unspecified atom stereocenters. The van der Waals surface area contributed by atoms with Crippen molar-refractivity contribution in [2.75, 3.05) is 46.8 Å². The van der Waals surface area contributed by atoms with E-state index in [1.807, 2.05) is 4.90 Å². The molecule has 0 bridgehead atoms. The second-order valence-corrected chi connectivity index (χ2v) is 6.25. The highest BCUT2D eigenvalue weighted by Crippen LogP contribution is 2.18. The summed E-state index contributed by atoms with van der Waals surface area (Å²) in [4.78, 5) is 29.6. The second kappa shape index (κ2) is 7.75. The maximum atomic E-state index is 13.2. The van der Waals surface area contributed by atoms with Crippen molar-refractivity contribution in [3.8, 4) is 0 Å². The zero-order chi connectivity index (χ0) is 17.0. The summed E-state index contributed by atoms with van der Waals surface area (Å²) in [5.41, 5.74) is 0.384. The Morgan fingerprint density at radius 1 is 1.22 bits per heavy atom. The molecule has 23 heavy (non-hydrogen) atoms. The molecule has 0 atom stereocenters. The highest BCUT2D eigenvalue weighted by Gasteiger charge is 2.22. The number of carbonyl (C=O) groups excluding carboxylic acids is 2. The zero-order valence-corrected chi connectivity index (χ0v) is 14.1. The van der Waals surface area contributed by atoms with Crippen LogP contribution in [0.15, 0.2) is 18.2 Å². The van der Waals surface area contributed by atoms with E-state index >= 15 is 0 Å². The van der Waals surface area contributed by atoms with Gasteiger partial charge in [0.2, 0.25) is 5.91 Å². The predicted octanol–water partition coefficient (Wildman–Crippen LogP) is 1.72. The number of carbonyl (C=O) groups is 2. The molecule has 0 aliphatic carbocycles. The van der Waals surface area contributed by atoms with E-state index in [4.69, 9.17) is 11.6 Å². The average Bonchev–Trinajstić information content (AvgIpc) is 2.74. The Hall–Kier alpha value is -1.66. The van der Waals surface area contributed by atoms with Gasteiger partial charge >= 0.3 is 0 Å². The largest absolute Gasteiger partial charge is 0.348 e. The minimum atomic E-state index is -0.535. The molecule has 2 rings (SSSR count). The van der Waals surface area contributed by atoms with Crippen LogP contribution in [0.2, 0.25) is 5.02 Å². The van der Waals surface area contributed by atoms with Crippen LogP contribution in [0.5, 0.6) is 0 Å². The first-order valence-electron chi connectivity index (χ1n) is 7.55. The fraction of sp³-hybridized carbons (Fsp3) is 0.500. The lowest BCUT2D eigenvalue weighted by atomic mass is 10.2. The van der Waals surface area contributed by atoms with Crippen molar-refractivity contribution in [1.29, 1.82) is 0 Å². The molecule has 7 heteroatoms. The van der Waals surface area contributed by atoms with Crippen molar-refractivity contribution in [2.24, 2.45) is 0 Å². The predicted molar refractivity (Wildman–Crippen MR) is 87.1 cm³/mol. The number of amides is 2. The Kier molecular flexibility index (Phi) is 5.96. The molecule has 0 saturated carbocycles. The average molecular weight is 342 g/mol. The van der Waals surface area contributed by atoms with Crippen molar-refractivity contribution in [3.63, 3.8) is 0 Å². The zero-order valence-electron chi connectivity index (χ0n) is 13.4. The highest BCUT2D eigenvalue weighted by atomic mass is 35.5. The number of benzene rings is 1. The van der Waals surface area contributed by atoms with Gasteiger partial charge in [0.05, 0.1) is 11.6 Å². The van der Waals surface area contributed by atoms with E-state index < -0.39 is 5.82 Å². The molecule has 126 valence electrons. The highest BCUT2D eigenvalue weighted by molar-refractivity contribution is 6.31. The monoisotopic (exact) mass is 341 g/mol. The molecule has 1 aromatic carbocycles. The summed E-state index contributed by atoms with van der Waals surface area (Å²) in [6, 6.07) is 4.01.